The van der Waals surface area contributed by atoms with Crippen LogP contribution in [0.15, 0.2) is 42.5 Å². The fraction of sp³-hybridized carbons (Fsp3) is 0.576. The summed E-state index contributed by atoms with van der Waals surface area (Å²) in [6, 6.07) is 11.6. The van der Waals surface area contributed by atoms with Crippen molar-refractivity contribution in [2.75, 3.05) is 0 Å². The van der Waals surface area contributed by atoms with Gasteiger partial charge in [-0.3, -0.25) is 0 Å². The molecule has 5 rings (SSSR count). The molecule has 1 atom stereocenters. The van der Waals surface area contributed by atoms with Crippen LogP contribution >= 0.6 is 0 Å². The highest BCUT2D eigenvalue weighted by Gasteiger charge is 2.31. The fourth-order valence-corrected chi connectivity index (χ4v) is 7.28. The molecule has 0 aromatic heterocycles. The zero-order chi connectivity index (χ0) is 24.4. The molecule has 2 aromatic rings. The van der Waals surface area contributed by atoms with Crippen LogP contribution in [0.1, 0.15) is 118 Å². The van der Waals surface area contributed by atoms with E-state index in [4.69, 9.17) is 0 Å². The van der Waals surface area contributed by atoms with Crippen LogP contribution in [-0.2, 0) is 0 Å². The average Bonchev–Trinajstić information content (AvgIpc) is 2.90. The highest BCUT2D eigenvalue weighted by Crippen LogP contribution is 2.45. The fourth-order valence-electron chi connectivity index (χ4n) is 7.28. The maximum Gasteiger partial charge on any atom is 0.130 e. The Kier molecular flexibility index (Phi) is 7.75. The molecular weight excluding hydrogens is 434 g/mol. The third kappa shape index (κ3) is 5.57. The van der Waals surface area contributed by atoms with Gasteiger partial charge in [0.2, 0.25) is 0 Å². The second-order valence-electron chi connectivity index (χ2n) is 11.7. The van der Waals surface area contributed by atoms with E-state index in [1.165, 1.54) is 63.4 Å². The summed E-state index contributed by atoms with van der Waals surface area (Å²) >= 11 is 0. The first-order chi connectivity index (χ1) is 17.0. The van der Waals surface area contributed by atoms with E-state index < -0.39 is 0 Å². The Morgan fingerprint density at radius 1 is 0.714 bits per heavy atom. The van der Waals surface area contributed by atoms with Crippen LogP contribution in [0.5, 0.6) is 0 Å². The number of hydrogen-bond acceptors (Lipinski definition) is 0. The smallest absolute Gasteiger partial charge is 0.130 e. The van der Waals surface area contributed by atoms with Crippen molar-refractivity contribution in [2.45, 2.75) is 103 Å². The predicted octanol–water partition coefficient (Wildman–Crippen LogP) is 10.1. The second-order valence-corrected chi connectivity index (χ2v) is 11.7. The molecule has 0 aliphatic heterocycles. The maximum atomic E-state index is 15.3. The van der Waals surface area contributed by atoms with E-state index in [1.54, 1.807) is 13.0 Å². The van der Waals surface area contributed by atoms with E-state index in [9.17, 15) is 4.39 Å². The number of hydrogen-bond donors (Lipinski definition) is 0. The Morgan fingerprint density at radius 2 is 1.34 bits per heavy atom. The SMILES string of the molecule is CCC1CCC(C2CCC(c3ccc(C4=CCC(c5ccc(C)c(F)c5)CC4)c(F)c3)CC2)CC1. The van der Waals surface area contributed by atoms with Crippen LogP contribution in [-0.4, -0.2) is 0 Å². The van der Waals surface area contributed by atoms with Gasteiger partial charge in [0.1, 0.15) is 11.6 Å². The lowest BCUT2D eigenvalue weighted by Gasteiger charge is -2.38. The lowest BCUT2D eigenvalue weighted by Crippen LogP contribution is -2.25. The number of allylic oxidation sites excluding steroid dienone is 2. The molecule has 0 heterocycles. The van der Waals surface area contributed by atoms with E-state index in [2.05, 4.69) is 19.1 Å². The molecule has 2 fully saturated rings. The molecule has 0 radical (unpaired) electrons. The topological polar surface area (TPSA) is 0 Å². The molecule has 2 saturated carbocycles. The molecular formula is C33H42F2. The largest absolute Gasteiger partial charge is 0.207 e. The Balaban J connectivity index is 1.18. The Hall–Kier alpha value is -1.96. The first-order valence-corrected chi connectivity index (χ1v) is 14.3. The van der Waals surface area contributed by atoms with Gasteiger partial charge in [0.15, 0.2) is 0 Å². The van der Waals surface area contributed by atoms with Crippen molar-refractivity contribution >= 4 is 5.57 Å². The van der Waals surface area contributed by atoms with Gasteiger partial charge in [-0.05, 0) is 129 Å². The van der Waals surface area contributed by atoms with Crippen molar-refractivity contribution in [3.05, 3.63) is 76.4 Å². The van der Waals surface area contributed by atoms with Gasteiger partial charge in [0, 0.05) is 5.56 Å². The van der Waals surface area contributed by atoms with Gasteiger partial charge in [-0.15, -0.1) is 0 Å². The lowest BCUT2D eigenvalue weighted by molar-refractivity contribution is 0.158. The summed E-state index contributed by atoms with van der Waals surface area (Å²) in [5, 5.41) is 0. The summed E-state index contributed by atoms with van der Waals surface area (Å²) in [6.07, 6.45) is 17.0. The standard InChI is InChI=1S/C33H42F2/c1-3-23-5-8-24(9-6-23)25-10-12-26(13-11-25)30-18-19-31(33(35)21-30)28-16-14-27(15-17-28)29-7-4-22(2)32(34)20-29/h4,7,16,18-21,23-27H,3,5-6,8-15,17H2,1-2H3. The minimum absolute atomic E-state index is 0.0615. The Bertz CT molecular complexity index is 1040. The van der Waals surface area contributed by atoms with Crippen molar-refractivity contribution in [2.24, 2.45) is 17.8 Å². The molecule has 3 aliphatic carbocycles. The second kappa shape index (κ2) is 11.0. The van der Waals surface area contributed by atoms with Gasteiger partial charge >= 0.3 is 0 Å². The zero-order valence-corrected chi connectivity index (χ0v) is 21.7. The highest BCUT2D eigenvalue weighted by atomic mass is 19.1. The third-order valence-corrected chi connectivity index (χ3v) is 9.80. The van der Waals surface area contributed by atoms with E-state index in [0.29, 0.717) is 17.4 Å². The predicted molar refractivity (Wildman–Crippen MR) is 143 cm³/mol. The third-order valence-electron chi connectivity index (χ3n) is 9.80. The molecule has 3 aliphatic rings. The van der Waals surface area contributed by atoms with Crippen molar-refractivity contribution < 1.29 is 8.78 Å². The van der Waals surface area contributed by atoms with Gasteiger partial charge in [0.05, 0.1) is 0 Å². The number of rotatable bonds is 5. The van der Waals surface area contributed by atoms with E-state index in [0.717, 1.165) is 53.7 Å². The number of benzene rings is 2. The molecule has 188 valence electrons. The van der Waals surface area contributed by atoms with Gasteiger partial charge in [-0.1, -0.05) is 56.5 Å². The van der Waals surface area contributed by atoms with E-state index in [1.807, 2.05) is 24.3 Å². The Morgan fingerprint density at radius 3 is 1.94 bits per heavy atom. The quantitative estimate of drug-likeness (QED) is 0.403. The molecule has 0 saturated heterocycles. The molecule has 0 amide bonds. The Labute approximate surface area is 211 Å². The summed E-state index contributed by atoms with van der Waals surface area (Å²) in [6.45, 7) is 4.14. The first kappa shape index (κ1) is 24.7. The first-order valence-electron chi connectivity index (χ1n) is 14.3. The van der Waals surface area contributed by atoms with Gasteiger partial charge in [0.25, 0.3) is 0 Å². The monoisotopic (exact) mass is 476 g/mol. The highest BCUT2D eigenvalue weighted by molar-refractivity contribution is 5.67. The number of aryl methyl sites for hydroxylation is 1. The van der Waals surface area contributed by atoms with Gasteiger partial charge in [-0.2, -0.15) is 0 Å². The molecule has 0 N–H and O–H groups in total. The van der Waals surface area contributed by atoms with Gasteiger partial charge < -0.3 is 0 Å². The van der Waals surface area contributed by atoms with Crippen LogP contribution in [0.25, 0.3) is 5.57 Å². The van der Waals surface area contributed by atoms with Crippen molar-refractivity contribution in [1.29, 1.82) is 0 Å². The molecule has 0 bridgehead atoms. The minimum atomic E-state index is -0.128. The average molecular weight is 477 g/mol. The molecule has 2 aromatic carbocycles. The summed E-state index contributed by atoms with van der Waals surface area (Å²) in [7, 11) is 0. The molecule has 0 nitrogen and oxygen atoms in total. The van der Waals surface area contributed by atoms with Crippen molar-refractivity contribution in [1.82, 2.24) is 0 Å². The van der Waals surface area contributed by atoms with Crippen LogP contribution in [0.4, 0.5) is 8.78 Å². The molecule has 0 spiro atoms. The summed E-state index contributed by atoms with van der Waals surface area (Å²) in [4.78, 5) is 0. The van der Waals surface area contributed by atoms with E-state index >= 15 is 4.39 Å². The van der Waals surface area contributed by atoms with Crippen LogP contribution < -0.4 is 0 Å². The summed E-state index contributed by atoms with van der Waals surface area (Å²) in [5.74, 6) is 3.46. The van der Waals surface area contributed by atoms with Crippen molar-refractivity contribution in [3.63, 3.8) is 0 Å². The van der Waals surface area contributed by atoms with Gasteiger partial charge in [-0.25, -0.2) is 8.78 Å². The molecule has 2 heteroatoms. The van der Waals surface area contributed by atoms with Crippen LogP contribution in [0.3, 0.4) is 0 Å². The van der Waals surface area contributed by atoms with Crippen LogP contribution in [0.2, 0.25) is 0 Å². The zero-order valence-electron chi connectivity index (χ0n) is 21.7. The summed E-state index contributed by atoms with van der Waals surface area (Å²) < 4.78 is 29.3. The van der Waals surface area contributed by atoms with E-state index in [-0.39, 0.29) is 11.6 Å². The van der Waals surface area contributed by atoms with Crippen molar-refractivity contribution in [3.8, 4) is 0 Å². The normalized spacial score (nSPS) is 29.6. The lowest BCUT2D eigenvalue weighted by atomic mass is 9.68. The molecule has 35 heavy (non-hydrogen) atoms. The minimum Gasteiger partial charge on any atom is -0.207 e. The summed E-state index contributed by atoms with van der Waals surface area (Å²) in [5.41, 5.74) is 4.83. The number of halogens is 2. The maximum absolute atomic E-state index is 15.3. The molecule has 1 unspecified atom stereocenters. The van der Waals surface area contributed by atoms with Crippen LogP contribution in [0, 0.1) is 36.3 Å².